The van der Waals surface area contributed by atoms with Gasteiger partial charge in [-0.3, -0.25) is 0 Å². The zero-order chi connectivity index (χ0) is 21.7. The number of aromatic nitrogens is 2. The molecule has 1 heterocycles. The molecule has 2 aromatic carbocycles. The Morgan fingerprint density at radius 1 is 1.27 bits per heavy atom. The van der Waals surface area contributed by atoms with E-state index in [1.165, 1.54) is 6.20 Å². The van der Waals surface area contributed by atoms with Gasteiger partial charge in [-0.05, 0) is 49.5 Å². The van der Waals surface area contributed by atoms with Crippen LogP contribution in [0.4, 0.5) is 5.69 Å². The molecule has 3 N–H and O–H groups in total. The molecule has 0 aliphatic rings. The largest absolute Gasteiger partial charge is 0.494 e. The van der Waals surface area contributed by atoms with Gasteiger partial charge in [0.05, 0.1) is 35.6 Å². The summed E-state index contributed by atoms with van der Waals surface area (Å²) in [5, 5.41) is 4.20. The van der Waals surface area contributed by atoms with Crippen molar-refractivity contribution in [3.63, 3.8) is 0 Å². The Morgan fingerprint density at radius 3 is 2.73 bits per heavy atom. The molecule has 0 aliphatic heterocycles. The van der Waals surface area contributed by atoms with Crippen LogP contribution in [0.5, 0.6) is 5.75 Å². The fraction of sp³-hybridized carbons (Fsp3) is 0.0909. The van der Waals surface area contributed by atoms with Crippen molar-refractivity contribution < 1.29 is 4.74 Å². The van der Waals surface area contributed by atoms with Crippen LogP contribution in [0.15, 0.2) is 78.6 Å². The minimum atomic E-state index is 0.396. The van der Waals surface area contributed by atoms with Gasteiger partial charge in [-0.1, -0.05) is 29.8 Å². The zero-order valence-electron chi connectivity index (χ0n) is 16.6. The number of imidazole rings is 1. The third-order valence-corrected chi connectivity index (χ3v) is 4.74. The van der Waals surface area contributed by atoms with E-state index in [9.17, 15) is 0 Å². The van der Waals surface area contributed by atoms with Crippen LogP contribution >= 0.6 is 23.2 Å². The molecule has 0 bridgehead atoms. The Labute approximate surface area is 185 Å². The van der Waals surface area contributed by atoms with Crippen LogP contribution in [0.1, 0.15) is 11.3 Å². The Bertz CT molecular complexity index is 1130. The molecule has 0 fully saturated rings. The van der Waals surface area contributed by atoms with Crippen LogP contribution in [0, 0.1) is 6.92 Å². The van der Waals surface area contributed by atoms with E-state index in [-0.39, 0.29) is 0 Å². The van der Waals surface area contributed by atoms with Gasteiger partial charge >= 0.3 is 0 Å². The van der Waals surface area contributed by atoms with E-state index in [0.29, 0.717) is 32.9 Å². The van der Waals surface area contributed by atoms with Crippen molar-refractivity contribution in [2.24, 2.45) is 10.7 Å². The molecule has 0 aliphatic carbocycles. The summed E-state index contributed by atoms with van der Waals surface area (Å²) in [5.74, 6) is 1.07. The molecule has 30 heavy (non-hydrogen) atoms. The fourth-order valence-corrected chi connectivity index (χ4v) is 3.22. The topological polar surface area (TPSA) is 77.5 Å². The third-order valence-electron chi connectivity index (χ3n) is 4.17. The molecule has 3 rings (SSSR count). The second-order valence-electron chi connectivity index (χ2n) is 6.36. The average molecular weight is 442 g/mol. The van der Waals surface area contributed by atoms with E-state index < -0.39 is 0 Å². The van der Waals surface area contributed by atoms with E-state index in [4.69, 9.17) is 33.7 Å². The lowest BCUT2D eigenvalue weighted by Gasteiger charge is -2.13. The van der Waals surface area contributed by atoms with Crippen molar-refractivity contribution >= 4 is 34.6 Å². The first-order valence-electron chi connectivity index (χ1n) is 8.98. The van der Waals surface area contributed by atoms with E-state index in [2.05, 4.69) is 21.9 Å². The number of anilines is 1. The minimum Gasteiger partial charge on any atom is -0.494 e. The second kappa shape index (κ2) is 9.52. The van der Waals surface area contributed by atoms with Crippen molar-refractivity contribution in [2.75, 3.05) is 12.4 Å². The SMILES string of the molecule is C=C(/N=C(\C=C/N)c1cc(Cl)ccc1Cl)Nc1ccc(-n2cnc(C)c2)c(OC)c1. The number of rotatable bonds is 7. The van der Waals surface area contributed by atoms with Gasteiger partial charge < -0.3 is 20.4 Å². The first-order valence-corrected chi connectivity index (χ1v) is 9.74. The summed E-state index contributed by atoms with van der Waals surface area (Å²) in [6, 6.07) is 10.8. The number of nitrogens with one attached hydrogen (secondary N) is 1. The molecule has 0 amide bonds. The summed E-state index contributed by atoms with van der Waals surface area (Å²) < 4.78 is 7.43. The predicted octanol–water partition coefficient (Wildman–Crippen LogP) is 5.34. The van der Waals surface area contributed by atoms with Gasteiger partial charge in [-0.2, -0.15) is 0 Å². The minimum absolute atomic E-state index is 0.396. The van der Waals surface area contributed by atoms with Crippen molar-refractivity contribution in [1.82, 2.24) is 9.55 Å². The molecule has 1 aromatic heterocycles. The highest BCUT2D eigenvalue weighted by Crippen LogP contribution is 2.28. The number of hydrogen-bond donors (Lipinski definition) is 2. The molecule has 0 saturated heterocycles. The average Bonchev–Trinajstić information content (AvgIpc) is 3.15. The molecule has 0 atom stereocenters. The normalized spacial score (nSPS) is 11.7. The summed E-state index contributed by atoms with van der Waals surface area (Å²) in [7, 11) is 1.62. The lowest BCUT2D eigenvalue weighted by Crippen LogP contribution is -2.04. The Kier molecular flexibility index (Phi) is 6.82. The molecule has 6 nitrogen and oxygen atoms in total. The van der Waals surface area contributed by atoms with Crippen LogP contribution < -0.4 is 15.8 Å². The number of aryl methyl sites for hydroxylation is 1. The molecular formula is C22H21Cl2N5O. The number of halogens is 2. The van der Waals surface area contributed by atoms with Gasteiger partial charge in [0, 0.05) is 28.5 Å². The molecule has 154 valence electrons. The van der Waals surface area contributed by atoms with E-state index >= 15 is 0 Å². The van der Waals surface area contributed by atoms with Crippen molar-refractivity contribution in [3.8, 4) is 11.4 Å². The van der Waals surface area contributed by atoms with Crippen molar-refractivity contribution in [1.29, 1.82) is 0 Å². The summed E-state index contributed by atoms with van der Waals surface area (Å²) in [4.78, 5) is 8.77. The number of benzene rings is 2. The number of allylic oxidation sites excluding steroid dienone is 1. The Balaban J connectivity index is 1.87. The number of nitrogens with zero attached hydrogens (tertiary/aromatic N) is 3. The van der Waals surface area contributed by atoms with Gasteiger partial charge in [-0.25, -0.2) is 9.98 Å². The first kappa shape index (κ1) is 21.5. The van der Waals surface area contributed by atoms with Crippen molar-refractivity contribution in [2.45, 2.75) is 6.92 Å². The molecular weight excluding hydrogens is 421 g/mol. The van der Waals surface area contributed by atoms with Gasteiger partial charge in [-0.15, -0.1) is 0 Å². The Morgan fingerprint density at radius 2 is 2.07 bits per heavy atom. The highest BCUT2D eigenvalue weighted by atomic mass is 35.5. The van der Waals surface area contributed by atoms with Crippen LogP contribution in [0.25, 0.3) is 5.69 Å². The molecule has 8 heteroatoms. The zero-order valence-corrected chi connectivity index (χ0v) is 18.1. The summed E-state index contributed by atoms with van der Waals surface area (Å²) >= 11 is 12.4. The smallest absolute Gasteiger partial charge is 0.144 e. The second-order valence-corrected chi connectivity index (χ2v) is 7.20. The van der Waals surface area contributed by atoms with Gasteiger partial charge in [0.2, 0.25) is 0 Å². The van der Waals surface area contributed by atoms with E-state index in [1.807, 2.05) is 35.9 Å². The first-order chi connectivity index (χ1) is 14.4. The maximum Gasteiger partial charge on any atom is 0.144 e. The number of methoxy groups -OCH3 is 1. The van der Waals surface area contributed by atoms with Gasteiger partial charge in [0.15, 0.2) is 0 Å². The number of nitrogens with two attached hydrogens (primary N) is 1. The number of aliphatic imine (C=N–C) groups is 1. The molecule has 0 saturated carbocycles. The maximum atomic E-state index is 6.30. The van der Waals surface area contributed by atoms with Crippen LogP contribution in [-0.4, -0.2) is 22.4 Å². The lowest BCUT2D eigenvalue weighted by molar-refractivity contribution is 0.413. The van der Waals surface area contributed by atoms with E-state index in [0.717, 1.165) is 17.1 Å². The summed E-state index contributed by atoms with van der Waals surface area (Å²) in [6.45, 7) is 5.91. The molecule has 3 aromatic rings. The van der Waals surface area contributed by atoms with Gasteiger partial charge in [0.1, 0.15) is 11.6 Å². The van der Waals surface area contributed by atoms with E-state index in [1.54, 1.807) is 37.7 Å². The standard InChI is InChI=1S/C22H21Cl2N5O/c1-14-12-29(13-26-14)21-7-5-17(11-22(21)30-3)27-15(2)28-20(8-9-25)18-10-16(23)4-6-19(18)24/h4-13,27H,2,25H2,1,3H3/b9-8-,28-20+. The molecule has 0 spiro atoms. The molecule has 0 unspecified atom stereocenters. The number of ether oxygens (including phenoxy) is 1. The third kappa shape index (κ3) is 5.03. The summed E-state index contributed by atoms with van der Waals surface area (Å²) in [5.41, 5.74) is 9.31. The predicted molar refractivity (Wildman–Crippen MR) is 124 cm³/mol. The quantitative estimate of drug-likeness (QED) is 0.484. The maximum absolute atomic E-state index is 6.30. The van der Waals surface area contributed by atoms with Crippen LogP contribution in [0.3, 0.4) is 0 Å². The molecule has 0 radical (unpaired) electrons. The summed E-state index contributed by atoms with van der Waals surface area (Å²) in [6.07, 6.45) is 6.68. The lowest BCUT2D eigenvalue weighted by atomic mass is 10.1. The number of hydrogen-bond acceptors (Lipinski definition) is 5. The Hall–Kier alpha value is -3.22. The van der Waals surface area contributed by atoms with Crippen molar-refractivity contribution in [3.05, 3.63) is 94.9 Å². The van der Waals surface area contributed by atoms with Crippen LogP contribution in [0.2, 0.25) is 10.0 Å². The highest BCUT2D eigenvalue weighted by Gasteiger charge is 2.10. The highest BCUT2D eigenvalue weighted by molar-refractivity contribution is 6.36. The monoisotopic (exact) mass is 441 g/mol. The fourth-order valence-electron chi connectivity index (χ4n) is 2.83. The van der Waals surface area contributed by atoms with Crippen LogP contribution in [-0.2, 0) is 0 Å². The van der Waals surface area contributed by atoms with Gasteiger partial charge in [0.25, 0.3) is 0 Å².